The average molecular weight is 345 g/mol. The fraction of sp³-hybridized carbons (Fsp3) is 0.214. The first-order valence-corrected chi connectivity index (χ1v) is 8.13. The quantitative estimate of drug-likeness (QED) is 0.903. The maximum Gasteiger partial charge on any atom is 0.245 e. The van der Waals surface area contributed by atoms with Crippen LogP contribution in [0, 0.1) is 5.82 Å². The predicted molar refractivity (Wildman–Crippen MR) is 80.4 cm³/mol. The Morgan fingerprint density at radius 3 is 2.68 bits per heavy atom. The molecule has 0 bridgehead atoms. The highest BCUT2D eigenvalue weighted by atomic mass is 35.5. The Kier molecular flexibility index (Phi) is 5.12. The van der Waals surface area contributed by atoms with Crippen LogP contribution >= 0.6 is 11.6 Å². The molecular weight excluding hydrogens is 331 g/mol. The van der Waals surface area contributed by atoms with E-state index in [9.17, 15) is 17.9 Å². The van der Waals surface area contributed by atoms with Crippen LogP contribution in [0.4, 0.5) is 4.39 Å². The highest BCUT2D eigenvalue weighted by Crippen LogP contribution is 2.26. The zero-order chi connectivity index (χ0) is 16.3. The maximum absolute atomic E-state index is 13.3. The topological polar surface area (TPSA) is 70.5 Å². The lowest BCUT2D eigenvalue weighted by molar-refractivity contribution is 0.204. The third-order valence-corrected chi connectivity index (χ3v) is 5.24. The number of hydrogen-bond acceptors (Lipinski definition) is 4. The van der Waals surface area contributed by atoms with Gasteiger partial charge in [0.15, 0.2) is 0 Å². The van der Waals surface area contributed by atoms with Gasteiger partial charge in [0.1, 0.15) is 10.7 Å². The van der Waals surface area contributed by atoms with Crippen LogP contribution in [0.15, 0.2) is 47.6 Å². The van der Waals surface area contributed by atoms with Gasteiger partial charge < -0.3 is 5.11 Å². The van der Waals surface area contributed by atoms with Gasteiger partial charge in [0.25, 0.3) is 0 Å². The minimum atomic E-state index is -3.93. The zero-order valence-corrected chi connectivity index (χ0v) is 13.2. The molecule has 0 saturated carbocycles. The summed E-state index contributed by atoms with van der Waals surface area (Å²) in [7, 11) is -2.62. The van der Waals surface area contributed by atoms with Gasteiger partial charge in [-0.1, -0.05) is 23.7 Å². The molecule has 22 heavy (non-hydrogen) atoms. The Balaban J connectivity index is 2.41. The number of nitrogens with zero attached hydrogens (tertiary/aromatic N) is 2. The minimum Gasteiger partial charge on any atom is -0.394 e. The fourth-order valence-corrected chi connectivity index (χ4v) is 3.58. The monoisotopic (exact) mass is 344 g/mol. The molecule has 0 aliphatic carbocycles. The number of hydrogen-bond donors (Lipinski definition) is 1. The van der Waals surface area contributed by atoms with E-state index in [-0.39, 0.29) is 9.92 Å². The molecule has 8 heteroatoms. The number of aliphatic hydroxyl groups is 1. The molecular formula is C14H14ClFN2O3S. The first kappa shape index (κ1) is 16.8. The molecule has 118 valence electrons. The van der Waals surface area contributed by atoms with Gasteiger partial charge >= 0.3 is 0 Å². The second-order valence-corrected chi connectivity index (χ2v) is 7.05. The van der Waals surface area contributed by atoms with Crippen molar-refractivity contribution >= 4 is 21.6 Å². The molecule has 1 N–H and O–H groups in total. The van der Waals surface area contributed by atoms with Crippen molar-refractivity contribution < 1.29 is 17.9 Å². The summed E-state index contributed by atoms with van der Waals surface area (Å²) in [6.45, 7) is -0.493. The van der Waals surface area contributed by atoms with E-state index in [4.69, 9.17) is 11.6 Å². The summed E-state index contributed by atoms with van der Waals surface area (Å²) in [6.07, 6.45) is 2.48. The second-order valence-electron chi connectivity index (χ2n) is 4.61. The molecule has 0 fully saturated rings. The van der Waals surface area contributed by atoms with E-state index in [1.165, 1.54) is 37.5 Å². The third kappa shape index (κ3) is 3.44. The number of halogens is 2. The summed E-state index contributed by atoms with van der Waals surface area (Å²) in [5.74, 6) is -0.508. The summed E-state index contributed by atoms with van der Waals surface area (Å²) < 4.78 is 39.4. The molecule has 0 saturated heterocycles. The molecule has 0 spiro atoms. The number of likely N-dealkylation sites (N-methyl/N-ethyl adjacent to an activating group) is 1. The molecule has 5 nitrogen and oxygen atoms in total. The molecule has 0 unspecified atom stereocenters. The van der Waals surface area contributed by atoms with Crippen molar-refractivity contribution in [3.63, 3.8) is 0 Å². The van der Waals surface area contributed by atoms with Crippen molar-refractivity contribution in [3.05, 3.63) is 59.1 Å². The van der Waals surface area contributed by atoms with Crippen LogP contribution in [0.3, 0.4) is 0 Å². The van der Waals surface area contributed by atoms with Crippen LogP contribution < -0.4 is 0 Å². The number of benzene rings is 1. The van der Waals surface area contributed by atoms with E-state index in [0.29, 0.717) is 5.56 Å². The smallest absolute Gasteiger partial charge is 0.245 e. The van der Waals surface area contributed by atoms with E-state index in [2.05, 4.69) is 4.98 Å². The highest BCUT2D eigenvalue weighted by molar-refractivity contribution is 7.89. The molecule has 1 atom stereocenters. The number of aromatic nitrogens is 1. The van der Waals surface area contributed by atoms with Gasteiger partial charge in [0, 0.05) is 19.4 Å². The molecule has 0 amide bonds. The Bertz CT molecular complexity index is 770. The van der Waals surface area contributed by atoms with Gasteiger partial charge in [-0.25, -0.2) is 12.8 Å². The molecule has 1 aromatic heterocycles. The number of pyridine rings is 1. The van der Waals surface area contributed by atoms with Crippen LogP contribution in [-0.4, -0.2) is 36.5 Å². The van der Waals surface area contributed by atoms with Gasteiger partial charge in [-0.05, 0) is 23.8 Å². The second kappa shape index (κ2) is 6.70. The lowest BCUT2D eigenvalue weighted by atomic mass is 10.1. The first-order chi connectivity index (χ1) is 10.4. The van der Waals surface area contributed by atoms with E-state index in [1.807, 2.05) is 0 Å². The molecule has 0 aliphatic heterocycles. The van der Waals surface area contributed by atoms with Crippen molar-refractivity contribution in [1.82, 2.24) is 9.29 Å². The van der Waals surface area contributed by atoms with Crippen LogP contribution in [-0.2, 0) is 10.0 Å². The third-order valence-electron chi connectivity index (χ3n) is 3.20. The predicted octanol–water partition coefficient (Wildman–Crippen LogP) is 2.23. The fourth-order valence-electron chi connectivity index (χ4n) is 2.01. The van der Waals surface area contributed by atoms with Gasteiger partial charge in [-0.2, -0.15) is 4.31 Å². The normalized spacial score (nSPS) is 13.3. The summed E-state index contributed by atoms with van der Waals surface area (Å²) in [5.41, 5.74) is 0.351. The van der Waals surface area contributed by atoms with E-state index in [0.717, 1.165) is 10.5 Å². The van der Waals surface area contributed by atoms with E-state index >= 15 is 0 Å². The Morgan fingerprint density at radius 1 is 1.36 bits per heavy atom. The van der Waals surface area contributed by atoms with Gasteiger partial charge in [-0.15, -0.1) is 0 Å². The van der Waals surface area contributed by atoms with Crippen molar-refractivity contribution in [1.29, 1.82) is 0 Å². The Hall–Kier alpha value is -1.54. The van der Waals surface area contributed by atoms with E-state index in [1.54, 1.807) is 6.07 Å². The number of sulfonamides is 1. The molecule has 0 radical (unpaired) electrons. The lowest BCUT2D eigenvalue weighted by Crippen LogP contribution is -2.33. The Labute approximate surface area is 133 Å². The summed E-state index contributed by atoms with van der Waals surface area (Å²) in [6, 6.07) is 5.78. The largest absolute Gasteiger partial charge is 0.394 e. The molecule has 1 heterocycles. The molecule has 2 aromatic rings. The van der Waals surface area contributed by atoms with Crippen molar-refractivity contribution in [2.24, 2.45) is 0 Å². The number of aliphatic hydroxyl groups excluding tert-OH is 1. The number of rotatable bonds is 5. The SMILES string of the molecule is CN([C@@H](CO)c1cccc(F)c1)S(=O)(=O)c1cncc(Cl)c1. The van der Waals surface area contributed by atoms with Gasteiger partial charge in [0.2, 0.25) is 10.0 Å². The van der Waals surface area contributed by atoms with Crippen LogP contribution in [0.25, 0.3) is 0 Å². The van der Waals surface area contributed by atoms with Gasteiger partial charge in [0.05, 0.1) is 17.7 Å². The summed E-state index contributed by atoms with van der Waals surface area (Å²) >= 11 is 5.76. The van der Waals surface area contributed by atoms with Crippen LogP contribution in [0.5, 0.6) is 0 Å². The van der Waals surface area contributed by atoms with Crippen molar-refractivity contribution in [3.8, 4) is 0 Å². The van der Waals surface area contributed by atoms with Crippen LogP contribution in [0.2, 0.25) is 5.02 Å². The maximum atomic E-state index is 13.3. The molecule has 2 rings (SSSR count). The van der Waals surface area contributed by atoms with Crippen LogP contribution in [0.1, 0.15) is 11.6 Å². The van der Waals surface area contributed by atoms with Crippen molar-refractivity contribution in [2.45, 2.75) is 10.9 Å². The standard InChI is InChI=1S/C14H14ClFN2O3S/c1-18(14(9-19)10-3-2-4-12(16)5-10)22(20,21)13-6-11(15)7-17-8-13/h2-8,14,19H,9H2,1H3/t14-/m0/s1. The summed E-state index contributed by atoms with van der Waals surface area (Å²) in [5, 5.41) is 9.72. The average Bonchev–Trinajstić information content (AvgIpc) is 2.48. The van der Waals surface area contributed by atoms with E-state index < -0.39 is 28.5 Å². The molecule has 0 aliphatic rings. The van der Waals surface area contributed by atoms with Crippen molar-refractivity contribution in [2.75, 3.05) is 13.7 Å². The zero-order valence-electron chi connectivity index (χ0n) is 11.6. The van der Waals surface area contributed by atoms with Gasteiger partial charge in [-0.3, -0.25) is 4.98 Å². The first-order valence-electron chi connectivity index (χ1n) is 6.31. The highest BCUT2D eigenvalue weighted by Gasteiger charge is 2.29. The minimum absolute atomic E-state index is 0.0997. The molecule has 1 aromatic carbocycles. The summed E-state index contributed by atoms with van der Waals surface area (Å²) in [4.78, 5) is 3.64. The Morgan fingerprint density at radius 2 is 2.09 bits per heavy atom. The lowest BCUT2D eigenvalue weighted by Gasteiger charge is -2.26.